The van der Waals surface area contributed by atoms with Crippen molar-refractivity contribution < 1.29 is 22.7 Å². The first-order chi connectivity index (χ1) is 16.7. The van der Waals surface area contributed by atoms with Gasteiger partial charge in [-0.05, 0) is 49.0 Å². The molecule has 184 valence electrons. The Labute approximate surface area is 209 Å². The minimum absolute atomic E-state index is 0.0137. The largest absolute Gasteiger partial charge is 0.492 e. The molecule has 1 aromatic heterocycles. The lowest BCUT2D eigenvalue weighted by Crippen LogP contribution is -2.23. The average molecular weight is 514 g/mol. The number of sulfonamides is 1. The topological polar surface area (TPSA) is 106 Å². The summed E-state index contributed by atoms with van der Waals surface area (Å²) in [4.78, 5) is 29.2. The van der Waals surface area contributed by atoms with Gasteiger partial charge in [0.05, 0.1) is 10.6 Å². The van der Waals surface area contributed by atoms with Crippen LogP contribution < -0.4 is 9.46 Å². The quantitative estimate of drug-likeness (QED) is 0.364. The van der Waals surface area contributed by atoms with Crippen LogP contribution in [0.2, 0.25) is 0 Å². The molecule has 0 aliphatic carbocycles. The number of hydrogen-bond acceptors (Lipinski definition) is 8. The number of ketones is 1. The number of nitrogens with zero attached hydrogens (tertiary/aromatic N) is 2. The molecule has 2 aromatic carbocycles. The number of thioether (sulfide) groups is 1. The van der Waals surface area contributed by atoms with Crippen molar-refractivity contribution in [2.24, 2.45) is 0 Å². The summed E-state index contributed by atoms with van der Waals surface area (Å²) in [7, 11) is -1.85. The van der Waals surface area contributed by atoms with Crippen molar-refractivity contribution in [3.05, 3.63) is 84.1 Å². The van der Waals surface area contributed by atoms with Crippen molar-refractivity contribution in [3.8, 4) is 5.75 Å². The average Bonchev–Trinajstić information content (AvgIpc) is 2.84. The fraction of sp³-hybridized carbons (Fsp3) is 0.240. The summed E-state index contributed by atoms with van der Waals surface area (Å²) >= 11 is 0.913. The fourth-order valence-electron chi connectivity index (χ4n) is 3.07. The molecule has 1 heterocycles. The fourth-order valence-corrected chi connectivity index (χ4v) is 4.58. The van der Waals surface area contributed by atoms with E-state index in [2.05, 4.69) is 26.7 Å². The van der Waals surface area contributed by atoms with Crippen LogP contribution in [0, 0.1) is 0 Å². The number of carbonyl (C=O) groups is 2. The maximum absolute atomic E-state index is 12.7. The summed E-state index contributed by atoms with van der Waals surface area (Å²) in [6, 6.07) is 19.2. The van der Waals surface area contributed by atoms with Crippen LogP contribution in [-0.2, 0) is 21.4 Å². The lowest BCUT2D eigenvalue weighted by Gasteiger charge is -2.17. The zero-order valence-electron chi connectivity index (χ0n) is 19.5. The van der Waals surface area contributed by atoms with E-state index < -0.39 is 10.0 Å². The Kier molecular flexibility index (Phi) is 9.41. The number of anilines is 1. The number of ether oxygens (including phenoxy) is 1. The minimum Gasteiger partial charge on any atom is -0.492 e. The van der Waals surface area contributed by atoms with Gasteiger partial charge in [-0.3, -0.25) is 19.2 Å². The molecule has 0 unspecified atom stereocenters. The molecule has 0 aliphatic heterocycles. The van der Waals surface area contributed by atoms with Gasteiger partial charge in [0.25, 0.3) is 10.0 Å². The van der Waals surface area contributed by atoms with Crippen LogP contribution in [0.5, 0.6) is 5.75 Å². The normalized spacial score (nSPS) is 11.3. The number of nitrogens with one attached hydrogen (secondary N) is 1. The number of Topliss-reactive ketones (excluding diaryl/α,β-unsaturated/α-hetero) is 1. The molecule has 0 amide bonds. The van der Waals surface area contributed by atoms with Gasteiger partial charge in [0.15, 0.2) is 10.9 Å². The first kappa shape index (κ1) is 26.4. The van der Waals surface area contributed by atoms with E-state index in [4.69, 9.17) is 4.74 Å². The van der Waals surface area contributed by atoms with Crippen molar-refractivity contribution in [3.63, 3.8) is 0 Å². The summed E-state index contributed by atoms with van der Waals surface area (Å²) in [5, 5.41) is -0.150. The molecule has 0 saturated carbocycles. The third kappa shape index (κ3) is 8.50. The number of benzene rings is 2. The molecule has 10 heteroatoms. The maximum atomic E-state index is 12.7. The molecule has 0 bridgehead atoms. The molecule has 0 spiro atoms. The Balaban J connectivity index is 1.50. The Morgan fingerprint density at radius 2 is 1.74 bits per heavy atom. The first-order valence-electron chi connectivity index (χ1n) is 10.8. The second-order valence-corrected chi connectivity index (χ2v) is 10.6. The summed E-state index contributed by atoms with van der Waals surface area (Å²) in [5.41, 5.74) is 1.53. The zero-order chi connectivity index (χ0) is 25.3. The van der Waals surface area contributed by atoms with Gasteiger partial charge >= 0.3 is 0 Å². The maximum Gasteiger partial charge on any atom is 0.263 e. The first-order valence-corrected chi connectivity index (χ1v) is 13.3. The van der Waals surface area contributed by atoms with Crippen LogP contribution in [0.15, 0.2) is 77.8 Å². The van der Waals surface area contributed by atoms with Crippen LogP contribution in [0.1, 0.15) is 22.8 Å². The van der Waals surface area contributed by atoms with E-state index in [0.717, 1.165) is 18.3 Å². The van der Waals surface area contributed by atoms with Crippen molar-refractivity contribution in [1.29, 1.82) is 0 Å². The van der Waals surface area contributed by atoms with Gasteiger partial charge in [-0.2, -0.15) is 0 Å². The van der Waals surface area contributed by atoms with E-state index in [-0.39, 0.29) is 27.4 Å². The van der Waals surface area contributed by atoms with Crippen LogP contribution in [0.4, 0.5) is 5.82 Å². The number of hydrogen-bond donors (Lipinski definition) is 1. The second-order valence-electron chi connectivity index (χ2n) is 7.78. The third-order valence-electron chi connectivity index (χ3n) is 4.90. The Morgan fingerprint density at radius 3 is 2.37 bits per heavy atom. The summed E-state index contributed by atoms with van der Waals surface area (Å²) in [6.07, 6.45) is 1.28. The second kappa shape index (κ2) is 12.5. The van der Waals surface area contributed by atoms with E-state index >= 15 is 0 Å². The predicted octanol–water partition coefficient (Wildman–Crippen LogP) is 3.86. The van der Waals surface area contributed by atoms with Crippen LogP contribution >= 0.6 is 11.8 Å². The van der Waals surface area contributed by atoms with Gasteiger partial charge in [0.1, 0.15) is 18.2 Å². The number of aromatic nitrogens is 1. The third-order valence-corrected chi connectivity index (χ3v) is 7.09. The minimum atomic E-state index is -3.86. The van der Waals surface area contributed by atoms with Gasteiger partial charge in [-0.15, -0.1) is 0 Å². The van der Waals surface area contributed by atoms with Gasteiger partial charge in [0.2, 0.25) is 0 Å². The van der Waals surface area contributed by atoms with Crippen LogP contribution in [-0.4, -0.2) is 55.2 Å². The SMILES string of the molecule is CC(=O)SCC(=O)c1ccc(NS(=O)(=O)c2ccc(OCCN(C)Cc3ccccc3)cc2)nc1. The molecular weight excluding hydrogens is 486 g/mol. The number of likely N-dealkylation sites (N-methyl/N-ethyl adjacent to an activating group) is 1. The molecule has 0 aliphatic rings. The molecule has 3 rings (SSSR count). The highest BCUT2D eigenvalue weighted by molar-refractivity contribution is 8.14. The van der Waals surface area contributed by atoms with Crippen molar-refractivity contribution in [2.45, 2.75) is 18.4 Å². The van der Waals surface area contributed by atoms with Gasteiger partial charge in [0, 0.05) is 31.8 Å². The number of pyridine rings is 1. The molecule has 35 heavy (non-hydrogen) atoms. The summed E-state index contributed by atoms with van der Waals surface area (Å²) < 4.78 is 33.5. The van der Waals surface area contributed by atoms with E-state index in [1.165, 1.54) is 42.9 Å². The van der Waals surface area contributed by atoms with E-state index in [1.54, 1.807) is 12.1 Å². The zero-order valence-corrected chi connectivity index (χ0v) is 21.1. The molecular formula is C25H27N3O5S2. The highest BCUT2D eigenvalue weighted by Gasteiger charge is 2.16. The van der Waals surface area contributed by atoms with Crippen LogP contribution in [0.25, 0.3) is 0 Å². The highest BCUT2D eigenvalue weighted by Crippen LogP contribution is 2.19. The standard InChI is InChI=1S/C25H27N3O5S2/c1-19(29)34-18-24(30)21-8-13-25(26-16-21)27-35(31,32)23-11-9-22(10-12-23)33-15-14-28(2)17-20-6-4-3-5-7-20/h3-13,16H,14-15,17-18H2,1-2H3,(H,26,27). The van der Waals surface area contributed by atoms with E-state index in [9.17, 15) is 18.0 Å². The Hall–Kier alpha value is -3.21. The Morgan fingerprint density at radius 1 is 1.03 bits per heavy atom. The molecule has 3 aromatic rings. The van der Waals surface area contributed by atoms with Crippen molar-refractivity contribution in [2.75, 3.05) is 30.7 Å². The van der Waals surface area contributed by atoms with Gasteiger partial charge < -0.3 is 4.74 Å². The predicted molar refractivity (Wildman–Crippen MR) is 137 cm³/mol. The summed E-state index contributed by atoms with van der Waals surface area (Å²) in [5.74, 6) is 0.415. The Bertz CT molecular complexity index is 1230. The number of rotatable bonds is 12. The molecule has 1 N–H and O–H groups in total. The molecule has 0 saturated heterocycles. The van der Waals surface area contributed by atoms with Gasteiger partial charge in [-0.25, -0.2) is 13.4 Å². The van der Waals surface area contributed by atoms with Crippen molar-refractivity contribution in [1.82, 2.24) is 9.88 Å². The molecule has 0 fully saturated rings. The number of carbonyl (C=O) groups excluding carboxylic acids is 2. The van der Waals surface area contributed by atoms with Crippen LogP contribution in [0.3, 0.4) is 0 Å². The summed E-state index contributed by atoms with van der Waals surface area (Å²) in [6.45, 7) is 3.38. The van der Waals surface area contributed by atoms with E-state index in [0.29, 0.717) is 24.5 Å². The lowest BCUT2D eigenvalue weighted by molar-refractivity contribution is -0.109. The smallest absolute Gasteiger partial charge is 0.263 e. The highest BCUT2D eigenvalue weighted by atomic mass is 32.2. The van der Waals surface area contributed by atoms with Gasteiger partial charge in [-0.1, -0.05) is 42.1 Å². The lowest BCUT2D eigenvalue weighted by atomic mass is 10.2. The molecule has 0 radical (unpaired) electrons. The van der Waals surface area contributed by atoms with E-state index in [1.807, 2.05) is 25.2 Å². The molecule has 8 nitrogen and oxygen atoms in total. The van der Waals surface area contributed by atoms with Crippen molar-refractivity contribution >= 4 is 38.5 Å². The monoisotopic (exact) mass is 513 g/mol. The molecule has 0 atom stereocenters.